The van der Waals surface area contributed by atoms with E-state index < -0.39 is 0 Å². The van der Waals surface area contributed by atoms with E-state index in [1.807, 2.05) is 29.5 Å². The summed E-state index contributed by atoms with van der Waals surface area (Å²) in [5, 5.41) is 0. The maximum atomic E-state index is 6.19. The van der Waals surface area contributed by atoms with Gasteiger partial charge < -0.3 is 5.73 Å². The molecule has 0 aliphatic heterocycles. The zero-order chi connectivity index (χ0) is 12.7. The summed E-state index contributed by atoms with van der Waals surface area (Å²) in [4.78, 5) is 8.71. The predicted molar refractivity (Wildman–Crippen MR) is 72.3 cm³/mol. The van der Waals surface area contributed by atoms with Crippen molar-refractivity contribution in [3.05, 3.63) is 47.9 Å². The second-order valence-corrected chi connectivity index (χ2v) is 4.46. The third-order valence-electron chi connectivity index (χ3n) is 3.02. The molecule has 0 unspecified atom stereocenters. The van der Waals surface area contributed by atoms with E-state index in [0.29, 0.717) is 5.82 Å². The van der Waals surface area contributed by atoms with Crippen LogP contribution in [0.15, 0.2) is 36.7 Å². The fourth-order valence-corrected chi connectivity index (χ4v) is 2.27. The zero-order valence-electron chi connectivity index (χ0n) is 10.4. The van der Waals surface area contributed by atoms with Crippen molar-refractivity contribution in [3.63, 3.8) is 0 Å². The summed E-state index contributed by atoms with van der Waals surface area (Å²) in [6, 6.07) is 7.98. The van der Waals surface area contributed by atoms with Crippen molar-refractivity contribution in [3.8, 4) is 11.3 Å². The van der Waals surface area contributed by atoms with Crippen molar-refractivity contribution in [2.75, 3.05) is 5.73 Å². The Morgan fingerprint density at radius 2 is 2.06 bits per heavy atom. The molecule has 0 spiro atoms. The van der Waals surface area contributed by atoms with Crippen molar-refractivity contribution in [2.24, 2.45) is 0 Å². The number of nitrogen functional groups attached to an aromatic ring is 1. The molecule has 0 bridgehead atoms. The number of rotatable bonds is 1. The molecule has 3 aromatic heterocycles. The van der Waals surface area contributed by atoms with Crippen molar-refractivity contribution in [1.29, 1.82) is 0 Å². The second kappa shape index (κ2) is 3.84. The lowest BCUT2D eigenvalue weighted by molar-refractivity contribution is 1.09. The number of hydrogen-bond acceptors (Lipinski definition) is 3. The van der Waals surface area contributed by atoms with Crippen molar-refractivity contribution < 1.29 is 0 Å². The summed E-state index contributed by atoms with van der Waals surface area (Å²) in [5.74, 6) is 0.663. The first kappa shape index (κ1) is 10.8. The Labute approximate surface area is 105 Å². The lowest BCUT2D eigenvalue weighted by Gasteiger charge is -2.03. The minimum absolute atomic E-state index is 0.663. The van der Waals surface area contributed by atoms with Gasteiger partial charge in [0.15, 0.2) is 0 Å². The summed E-state index contributed by atoms with van der Waals surface area (Å²) < 4.78 is 1.97. The molecule has 0 aromatic carbocycles. The Kier molecular flexibility index (Phi) is 2.30. The van der Waals surface area contributed by atoms with Gasteiger partial charge in [0.25, 0.3) is 0 Å². The van der Waals surface area contributed by atoms with E-state index in [0.717, 1.165) is 22.6 Å². The summed E-state index contributed by atoms with van der Waals surface area (Å²) in [6.07, 6.45) is 3.52. The normalized spacial score (nSPS) is 11.0. The largest absolute Gasteiger partial charge is 0.383 e. The average Bonchev–Trinajstić information content (AvgIpc) is 2.67. The molecule has 18 heavy (non-hydrogen) atoms. The smallest absolute Gasteiger partial charge is 0.139 e. The fourth-order valence-electron chi connectivity index (χ4n) is 2.27. The third kappa shape index (κ3) is 1.54. The molecule has 0 amide bonds. The van der Waals surface area contributed by atoms with Gasteiger partial charge in [0.05, 0.1) is 0 Å². The highest BCUT2D eigenvalue weighted by molar-refractivity contribution is 5.74. The van der Waals surface area contributed by atoms with Gasteiger partial charge in [-0.1, -0.05) is 0 Å². The van der Waals surface area contributed by atoms with Gasteiger partial charge in [-0.15, -0.1) is 0 Å². The number of imidazole rings is 1. The number of fused-ring (bicyclic) bond motifs is 1. The topological polar surface area (TPSA) is 56.2 Å². The predicted octanol–water partition coefficient (Wildman–Crippen LogP) is 2.60. The van der Waals surface area contributed by atoms with Crippen molar-refractivity contribution >= 4 is 11.5 Å². The highest BCUT2D eigenvalue weighted by Gasteiger charge is 2.12. The van der Waals surface area contributed by atoms with Crippen LogP contribution in [0.1, 0.15) is 11.3 Å². The fraction of sp³-hybridized carbons (Fsp3) is 0.143. The molecule has 4 heteroatoms. The van der Waals surface area contributed by atoms with Gasteiger partial charge in [-0.05, 0) is 43.7 Å². The Morgan fingerprint density at radius 3 is 2.78 bits per heavy atom. The van der Waals surface area contributed by atoms with E-state index in [9.17, 15) is 0 Å². The maximum Gasteiger partial charge on any atom is 0.139 e. The Bertz CT molecular complexity index is 713. The van der Waals surface area contributed by atoms with Gasteiger partial charge in [0.1, 0.15) is 17.2 Å². The molecule has 3 aromatic rings. The molecule has 0 radical (unpaired) electrons. The van der Waals surface area contributed by atoms with E-state index in [2.05, 4.69) is 23.0 Å². The first-order chi connectivity index (χ1) is 8.66. The second-order valence-electron chi connectivity index (χ2n) is 4.46. The van der Waals surface area contributed by atoms with Gasteiger partial charge in [-0.25, -0.2) is 4.98 Å². The van der Waals surface area contributed by atoms with Gasteiger partial charge in [0, 0.05) is 23.7 Å². The Hall–Kier alpha value is -2.36. The summed E-state index contributed by atoms with van der Waals surface area (Å²) in [6.45, 7) is 4.09. The number of aromatic nitrogens is 3. The highest BCUT2D eigenvalue weighted by Crippen LogP contribution is 2.27. The molecule has 4 nitrogen and oxygen atoms in total. The Morgan fingerprint density at radius 1 is 1.22 bits per heavy atom. The first-order valence-corrected chi connectivity index (χ1v) is 5.82. The molecular weight excluding hydrogens is 224 g/mol. The molecule has 3 heterocycles. The first-order valence-electron chi connectivity index (χ1n) is 5.82. The summed E-state index contributed by atoms with van der Waals surface area (Å²) >= 11 is 0. The molecular formula is C14H14N4. The quantitative estimate of drug-likeness (QED) is 0.709. The van der Waals surface area contributed by atoms with E-state index in [4.69, 9.17) is 5.73 Å². The molecule has 0 atom stereocenters. The number of nitrogens with zero attached hydrogens (tertiary/aromatic N) is 3. The standard InChI is InChI=1S/C14H14N4/c1-9-6-10(2)18-12(7-9)17-13(14(18)15)11-4-3-5-16-8-11/h3-8H,15H2,1-2H3. The van der Waals surface area contributed by atoms with Crippen LogP contribution in [0.2, 0.25) is 0 Å². The molecule has 0 saturated carbocycles. The molecule has 0 aliphatic rings. The molecule has 0 aliphatic carbocycles. The average molecular weight is 238 g/mol. The molecule has 90 valence electrons. The van der Waals surface area contributed by atoms with Gasteiger partial charge in [-0.2, -0.15) is 0 Å². The van der Waals surface area contributed by atoms with Crippen LogP contribution < -0.4 is 5.73 Å². The number of aryl methyl sites for hydroxylation is 2. The molecule has 0 fully saturated rings. The van der Waals surface area contributed by atoms with Crippen LogP contribution in [0.3, 0.4) is 0 Å². The van der Waals surface area contributed by atoms with Crippen LogP contribution in [0.25, 0.3) is 16.9 Å². The number of pyridine rings is 2. The minimum atomic E-state index is 0.663. The van der Waals surface area contributed by atoms with E-state index in [-0.39, 0.29) is 0 Å². The van der Waals surface area contributed by atoms with Gasteiger partial charge in [0.2, 0.25) is 0 Å². The number of anilines is 1. The minimum Gasteiger partial charge on any atom is -0.383 e. The maximum absolute atomic E-state index is 6.19. The zero-order valence-corrected chi connectivity index (χ0v) is 10.4. The summed E-state index contributed by atoms with van der Waals surface area (Å²) in [5.41, 5.74) is 11.1. The SMILES string of the molecule is Cc1cc(C)n2c(N)c(-c3cccnc3)nc2c1. The van der Waals surface area contributed by atoms with E-state index >= 15 is 0 Å². The lowest BCUT2D eigenvalue weighted by Crippen LogP contribution is -1.98. The van der Waals surface area contributed by atoms with Crippen LogP contribution in [0, 0.1) is 13.8 Å². The van der Waals surface area contributed by atoms with E-state index in [1.54, 1.807) is 12.4 Å². The van der Waals surface area contributed by atoms with Gasteiger partial charge in [-0.3, -0.25) is 9.38 Å². The number of nitrogens with two attached hydrogens (primary N) is 1. The molecule has 3 rings (SSSR count). The molecule has 2 N–H and O–H groups in total. The molecule has 0 saturated heterocycles. The van der Waals surface area contributed by atoms with Crippen LogP contribution in [-0.4, -0.2) is 14.4 Å². The third-order valence-corrected chi connectivity index (χ3v) is 3.02. The van der Waals surface area contributed by atoms with Gasteiger partial charge >= 0.3 is 0 Å². The van der Waals surface area contributed by atoms with E-state index in [1.165, 1.54) is 5.56 Å². The van der Waals surface area contributed by atoms with Crippen LogP contribution >= 0.6 is 0 Å². The van der Waals surface area contributed by atoms with Crippen LogP contribution in [-0.2, 0) is 0 Å². The monoisotopic (exact) mass is 238 g/mol. The van der Waals surface area contributed by atoms with Crippen molar-refractivity contribution in [1.82, 2.24) is 14.4 Å². The summed E-state index contributed by atoms with van der Waals surface area (Å²) in [7, 11) is 0. The lowest BCUT2D eigenvalue weighted by atomic mass is 10.2. The van der Waals surface area contributed by atoms with Crippen LogP contribution in [0.5, 0.6) is 0 Å². The number of hydrogen-bond donors (Lipinski definition) is 1. The van der Waals surface area contributed by atoms with Crippen molar-refractivity contribution in [2.45, 2.75) is 13.8 Å². The highest BCUT2D eigenvalue weighted by atomic mass is 15.1. The Balaban J connectivity index is 2.33. The van der Waals surface area contributed by atoms with Crippen LogP contribution in [0.4, 0.5) is 5.82 Å².